The van der Waals surface area contributed by atoms with Gasteiger partial charge in [-0.15, -0.1) is 0 Å². The maximum Gasteiger partial charge on any atom is 0.149 e. The average molecular weight is 346 g/mol. The van der Waals surface area contributed by atoms with Crippen molar-refractivity contribution in [3.8, 4) is 5.75 Å². The fraction of sp³-hybridized carbons (Fsp3) is 0.111. The van der Waals surface area contributed by atoms with Crippen molar-refractivity contribution in [2.75, 3.05) is 6.54 Å². The van der Waals surface area contributed by atoms with Gasteiger partial charge in [0, 0.05) is 22.0 Å². The van der Waals surface area contributed by atoms with Gasteiger partial charge in [-0.2, -0.15) is 0 Å². The van der Waals surface area contributed by atoms with Crippen molar-refractivity contribution in [2.24, 2.45) is 0 Å². The summed E-state index contributed by atoms with van der Waals surface area (Å²) in [5.41, 5.74) is 4.03. The van der Waals surface area contributed by atoms with Crippen LogP contribution < -0.4 is 4.74 Å². The number of rotatable bonds is 1. The van der Waals surface area contributed by atoms with Gasteiger partial charge in [0.1, 0.15) is 11.5 Å². The summed E-state index contributed by atoms with van der Waals surface area (Å²) < 4.78 is 5.95. The van der Waals surface area contributed by atoms with Gasteiger partial charge in [0.2, 0.25) is 0 Å². The van der Waals surface area contributed by atoms with E-state index in [1.807, 2.05) is 36.4 Å². The molecule has 2 aliphatic heterocycles. The van der Waals surface area contributed by atoms with Crippen LogP contribution in [0.5, 0.6) is 5.75 Å². The molecule has 0 aliphatic carbocycles. The zero-order valence-corrected chi connectivity index (χ0v) is 13.6. The first kappa shape index (κ1) is 14.6. The molecular formula is C18H13Cl2NO2. The Hall–Kier alpha value is -1.94. The second-order valence-electron chi connectivity index (χ2n) is 5.59. The van der Waals surface area contributed by atoms with Crippen LogP contribution in [0.1, 0.15) is 11.1 Å². The smallest absolute Gasteiger partial charge is 0.149 e. The van der Waals surface area contributed by atoms with E-state index in [4.69, 9.17) is 27.9 Å². The van der Waals surface area contributed by atoms with Crippen LogP contribution in [0.4, 0.5) is 0 Å². The first-order chi connectivity index (χ1) is 11.1. The van der Waals surface area contributed by atoms with Gasteiger partial charge < -0.3 is 4.74 Å². The third kappa shape index (κ3) is 2.72. The predicted molar refractivity (Wildman–Crippen MR) is 90.7 cm³/mol. The zero-order chi connectivity index (χ0) is 16.0. The maximum absolute atomic E-state index is 10.0. The highest BCUT2D eigenvalue weighted by molar-refractivity contribution is 6.34. The molecule has 1 N–H and O–H groups in total. The van der Waals surface area contributed by atoms with Crippen LogP contribution in [0, 0.1) is 0 Å². The summed E-state index contributed by atoms with van der Waals surface area (Å²) in [7, 11) is 0. The first-order valence-electron chi connectivity index (χ1n) is 7.22. The summed E-state index contributed by atoms with van der Waals surface area (Å²) >= 11 is 12.3. The van der Waals surface area contributed by atoms with E-state index < -0.39 is 0 Å². The molecule has 2 aromatic rings. The van der Waals surface area contributed by atoms with Crippen molar-refractivity contribution in [1.29, 1.82) is 0 Å². The van der Waals surface area contributed by atoms with Crippen molar-refractivity contribution < 1.29 is 9.94 Å². The molecule has 5 heteroatoms. The molecule has 0 radical (unpaired) electrons. The van der Waals surface area contributed by atoms with Gasteiger partial charge in [0.05, 0.1) is 12.7 Å². The van der Waals surface area contributed by atoms with Crippen LogP contribution in [-0.4, -0.2) is 16.8 Å². The van der Waals surface area contributed by atoms with Crippen LogP contribution in [0.2, 0.25) is 10.0 Å². The molecule has 3 nitrogen and oxygen atoms in total. The van der Waals surface area contributed by atoms with Crippen molar-refractivity contribution in [2.45, 2.75) is 6.42 Å². The first-order valence-corrected chi connectivity index (χ1v) is 7.98. The van der Waals surface area contributed by atoms with Crippen LogP contribution in [-0.2, 0) is 6.42 Å². The highest BCUT2D eigenvalue weighted by atomic mass is 35.5. The van der Waals surface area contributed by atoms with Crippen molar-refractivity contribution in [1.82, 2.24) is 5.06 Å². The van der Waals surface area contributed by atoms with E-state index in [1.165, 1.54) is 0 Å². The molecule has 116 valence electrons. The van der Waals surface area contributed by atoms with Crippen LogP contribution >= 0.6 is 23.2 Å². The van der Waals surface area contributed by atoms with E-state index >= 15 is 0 Å². The number of hydrogen-bond acceptors (Lipinski definition) is 3. The molecule has 0 bridgehead atoms. The topological polar surface area (TPSA) is 32.7 Å². The summed E-state index contributed by atoms with van der Waals surface area (Å²) in [6, 6.07) is 13.3. The average Bonchev–Trinajstić information content (AvgIpc) is 2.51. The molecule has 0 fully saturated rings. The third-order valence-corrected chi connectivity index (χ3v) is 4.46. The molecule has 0 saturated heterocycles. The lowest BCUT2D eigenvalue weighted by atomic mass is 9.90. The number of nitrogens with zero attached hydrogens (tertiary/aromatic N) is 1. The molecule has 2 aromatic carbocycles. The highest BCUT2D eigenvalue weighted by Crippen LogP contribution is 2.39. The summed E-state index contributed by atoms with van der Waals surface area (Å²) in [5, 5.41) is 12.3. The van der Waals surface area contributed by atoms with Gasteiger partial charge in [-0.25, -0.2) is 0 Å². The van der Waals surface area contributed by atoms with Crippen LogP contribution in [0.3, 0.4) is 0 Å². The molecule has 0 unspecified atom stereocenters. The van der Waals surface area contributed by atoms with E-state index in [1.54, 1.807) is 12.3 Å². The number of fused-ring (bicyclic) bond motifs is 2. The van der Waals surface area contributed by atoms with E-state index in [2.05, 4.69) is 0 Å². The Labute approximate surface area is 144 Å². The van der Waals surface area contributed by atoms with Gasteiger partial charge >= 0.3 is 0 Å². The summed E-state index contributed by atoms with van der Waals surface area (Å²) in [6.07, 6.45) is 2.36. The summed E-state index contributed by atoms with van der Waals surface area (Å²) in [4.78, 5) is 0. The normalized spacial score (nSPS) is 16.5. The zero-order valence-electron chi connectivity index (χ0n) is 12.1. The standard InChI is InChI=1S/C18H13Cl2NO2/c19-13-5-12(6-14(20)8-13)16-9-21(22)10-18-15(16)7-11-3-1-2-4-17(11)23-18/h1-6,8,10,22H,7,9H2. The lowest BCUT2D eigenvalue weighted by molar-refractivity contribution is -0.0317. The summed E-state index contributed by atoms with van der Waals surface area (Å²) in [5.74, 6) is 1.48. The molecular weight excluding hydrogens is 333 g/mol. The number of hydrogen-bond donors (Lipinski definition) is 1. The Bertz CT molecular complexity index is 838. The molecule has 4 rings (SSSR count). The lowest BCUT2D eigenvalue weighted by Crippen LogP contribution is -2.26. The van der Waals surface area contributed by atoms with Crippen LogP contribution in [0.15, 0.2) is 60.0 Å². The van der Waals surface area contributed by atoms with Gasteiger partial charge in [-0.1, -0.05) is 41.4 Å². The monoisotopic (exact) mass is 345 g/mol. The molecule has 23 heavy (non-hydrogen) atoms. The molecule has 0 aromatic heterocycles. The highest BCUT2D eigenvalue weighted by Gasteiger charge is 2.27. The minimum atomic E-state index is 0.362. The molecule has 0 atom stereocenters. The fourth-order valence-corrected chi connectivity index (χ4v) is 3.52. The fourth-order valence-electron chi connectivity index (χ4n) is 3.00. The molecule has 0 amide bonds. The number of hydroxylamine groups is 2. The predicted octanol–water partition coefficient (Wildman–Crippen LogP) is 4.93. The molecule has 2 aliphatic rings. The number of benzene rings is 2. The minimum Gasteiger partial charge on any atom is -0.455 e. The number of allylic oxidation sites excluding steroid dienone is 1. The van der Waals surface area contributed by atoms with Crippen molar-refractivity contribution in [3.05, 3.63) is 81.2 Å². The van der Waals surface area contributed by atoms with E-state index in [0.717, 1.165) is 39.5 Å². The Morgan fingerprint density at radius 2 is 1.74 bits per heavy atom. The quantitative estimate of drug-likeness (QED) is 0.795. The van der Waals surface area contributed by atoms with Gasteiger partial charge in [-0.3, -0.25) is 10.3 Å². The lowest BCUT2D eigenvalue weighted by Gasteiger charge is -2.31. The summed E-state index contributed by atoms with van der Waals surface area (Å²) in [6.45, 7) is 0.362. The minimum absolute atomic E-state index is 0.362. The van der Waals surface area contributed by atoms with Gasteiger partial charge in [0.25, 0.3) is 0 Å². The van der Waals surface area contributed by atoms with Crippen molar-refractivity contribution in [3.63, 3.8) is 0 Å². The largest absolute Gasteiger partial charge is 0.455 e. The number of ether oxygens (including phenoxy) is 1. The number of halogens is 2. The SMILES string of the molecule is ON1C=C2Oc3ccccc3CC2=C(c2cc(Cl)cc(Cl)c2)C1. The Kier molecular flexibility index (Phi) is 3.57. The van der Waals surface area contributed by atoms with E-state index in [9.17, 15) is 5.21 Å². The van der Waals surface area contributed by atoms with Crippen molar-refractivity contribution >= 4 is 28.8 Å². The second-order valence-corrected chi connectivity index (χ2v) is 6.47. The Morgan fingerprint density at radius 3 is 2.52 bits per heavy atom. The van der Waals surface area contributed by atoms with E-state index in [-0.39, 0.29) is 0 Å². The Morgan fingerprint density at radius 1 is 1.00 bits per heavy atom. The van der Waals surface area contributed by atoms with Crippen LogP contribution in [0.25, 0.3) is 5.57 Å². The van der Waals surface area contributed by atoms with Gasteiger partial charge in [0.15, 0.2) is 0 Å². The van der Waals surface area contributed by atoms with E-state index in [0.29, 0.717) is 22.3 Å². The Balaban J connectivity index is 1.88. The third-order valence-electron chi connectivity index (χ3n) is 4.02. The molecule has 0 spiro atoms. The maximum atomic E-state index is 10.0. The second kappa shape index (κ2) is 5.60. The molecule has 0 saturated carbocycles. The van der Waals surface area contributed by atoms with Gasteiger partial charge in [-0.05, 0) is 41.0 Å². The number of para-hydroxylation sites is 1. The molecule has 2 heterocycles.